The van der Waals surface area contributed by atoms with Gasteiger partial charge in [-0.05, 0) is 23.3 Å². The largest absolute Gasteiger partial charge is 0.478 e. The third kappa shape index (κ3) is 2.90. The zero-order valence-electron chi connectivity index (χ0n) is 9.96. The van der Waals surface area contributed by atoms with Crippen LogP contribution in [0.5, 0.6) is 0 Å². The molecule has 0 unspecified atom stereocenters. The summed E-state index contributed by atoms with van der Waals surface area (Å²) in [5.41, 5.74) is 7.91. The number of urea groups is 1. The van der Waals surface area contributed by atoms with Gasteiger partial charge in [0.1, 0.15) is 0 Å². The number of nitrogens with two attached hydrogens (primary N) is 1. The molecule has 0 spiro atoms. The molecule has 2 amide bonds. The Morgan fingerprint density at radius 3 is 1.84 bits per heavy atom. The highest BCUT2D eigenvalue weighted by Crippen LogP contribution is 2.29. The zero-order chi connectivity index (χ0) is 13.8. The summed E-state index contributed by atoms with van der Waals surface area (Å²) in [6.07, 6.45) is 0. The first-order chi connectivity index (χ1) is 9.08. The molecule has 96 valence electrons. The third-order valence-corrected chi connectivity index (χ3v) is 2.63. The average molecular weight is 256 g/mol. The quantitative estimate of drug-likeness (QED) is 0.657. The van der Waals surface area contributed by atoms with E-state index in [0.29, 0.717) is 0 Å². The Labute approximate surface area is 109 Å². The standard InChI is InChI=1S/C8H8N2O3.C6H4/c9-8(13)10-6-4-2-1-3-5(6)7(11)12;1-2-6-4-3-5(1)6/h1-4H,(H,11,12)(H3,9,10,13);1-4H. The minimum absolute atomic E-state index is 0.0151. The molecule has 0 saturated carbocycles. The molecule has 1 aromatic carbocycles. The molecule has 2 aliphatic rings. The monoisotopic (exact) mass is 256 g/mol. The molecule has 0 heterocycles. The lowest BCUT2D eigenvalue weighted by atomic mass is 9.95. The molecule has 0 atom stereocenters. The molecule has 1 aromatic rings. The van der Waals surface area contributed by atoms with Crippen molar-refractivity contribution in [2.45, 2.75) is 0 Å². The number of nitrogens with one attached hydrogen (secondary N) is 1. The van der Waals surface area contributed by atoms with Crippen LogP contribution in [0.25, 0.3) is 11.1 Å². The average Bonchev–Trinajstić information content (AvgIpc) is 2.34. The molecule has 2 aliphatic carbocycles. The molecule has 0 bridgehead atoms. The highest BCUT2D eigenvalue weighted by Gasteiger charge is 2.09. The number of hydrogen-bond acceptors (Lipinski definition) is 2. The number of rotatable bonds is 2. The van der Waals surface area contributed by atoms with Crippen molar-refractivity contribution in [2.75, 3.05) is 5.32 Å². The Morgan fingerprint density at radius 1 is 0.947 bits per heavy atom. The zero-order valence-corrected chi connectivity index (χ0v) is 9.96. The maximum Gasteiger partial charge on any atom is 0.337 e. The minimum atomic E-state index is -1.11. The van der Waals surface area contributed by atoms with E-state index in [1.807, 2.05) is 0 Å². The van der Waals surface area contributed by atoms with Crippen molar-refractivity contribution in [3.8, 4) is 11.1 Å². The second kappa shape index (κ2) is 5.22. The van der Waals surface area contributed by atoms with Crippen molar-refractivity contribution in [2.24, 2.45) is 5.73 Å². The van der Waals surface area contributed by atoms with Crippen LogP contribution in [-0.4, -0.2) is 17.1 Å². The first-order valence-electron chi connectivity index (χ1n) is 5.57. The van der Waals surface area contributed by atoms with E-state index in [4.69, 9.17) is 10.8 Å². The Balaban J connectivity index is 0.000000180. The van der Waals surface area contributed by atoms with Gasteiger partial charge in [0.25, 0.3) is 0 Å². The number of aromatic carboxylic acids is 1. The summed E-state index contributed by atoms with van der Waals surface area (Å²) in [6.45, 7) is 0. The highest BCUT2D eigenvalue weighted by molar-refractivity contribution is 5.99. The lowest BCUT2D eigenvalue weighted by molar-refractivity contribution is 0.0698. The molecule has 19 heavy (non-hydrogen) atoms. The molecule has 5 nitrogen and oxygen atoms in total. The van der Waals surface area contributed by atoms with Crippen LogP contribution in [0.2, 0.25) is 0 Å². The number of carboxylic acids is 1. The van der Waals surface area contributed by atoms with Crippen molar-refractivity contribution in [1.29, 1.82) is 0 Å². The molecule has 0 aliphatic heterocycles. The molecule has 5 heteroatoms. The molecule has 0 radical (unpaired) electrons. The number of carboxylic acid groups (broad SMARTS) is 1. The van der Waals surface area contributed by atoms with Crippen molar-refractivity contribution in [1.82, 2.24) is 0 Å². The highest BCUT2D eigenvalue weighted by atomic mass is 16.4. The van der Waals surface area contributed by atoms with Crippen LogP contribution in [-0.2, 0) is 0 Å². The van der Waals surface area contributed by atoms with Crippen LogP contribution in [0, 0.1) is 0 Å². The van der Waals surface area contributed by atoms with E-state index in [1.54, 1.807) is 12.1 Å². The van der Waals surface area contributed by atoms with Gasteiger partial charge in [-0.1, -0.05) is 36.4 Å². The van der Waals surface area contributed by atoms with E-state index < -0.39 is 12.0 Å². The van der Waals surface area contributed by atoms with Gasteiger partial charge >= 0.3 is 12.0 Å². The molecular weight excluding hydrogens is 244 g/mol. The van der Waals surface area contributed by atoms with Crippen LogP contribution in [0.3, 0.4) is 0 Å². The molecule has 4 N–H and O–H groups in total. The van der Waals surface area contributed by atoms with Crippen LogP contribution in [0.4, 0.5) is 10.5 Å². The maximum atomic E-state index is 10.6. The number of carbonyl (C=O) groups excluding carboxylic acids is 1. The first-order valence-corrected chi connectivity index (χ1v) is 5.57. The summed E-state index contributed by atoms with van der Waals surface area (Å²) in [7, 11) is 0. The van der Waals surface area contributed by atoms with Crippen LogP contribution in [0.1, 0.15) is 10.4 Å². The van der Waals surface area contributed by atoms with E-state index in [2.05, 4.69) is 29.6 Å². The topological polar surface area (TPSA) is 92.4 Å². The van der Waals surface area contributed by atoms with Gasteiger partial charge < -0.3 is 16.2 Å². The number of amides is 2. The van der Waals surface area contributed by atoms with Gasteiger partial charge in [-0.25, -0.2) is 9.59 Å². The summed E-state index contributed by atoms with van der Waals surface area (Å²) < 4.78 is 0. The first kappa shape index (κ1) is 12.6. The summed E-state index contributed by atoms with van der Waals surface area (Å²) in [4.78, 5) is 21.1. The van der Waals surface area contributed by atoms with Gasteiger partial charge in [0, 0.05) is 0 Å². The fraction of sp³-hybridized carbons (Fsp3) is 0. The molecular formula is C14H12N2O3. The number of benzene rings is 2. The van der Waals surface area contributed by atoms with Crippen LogP contribution < -0.4 is 11.1 Å². The number of fused-ring (bicyclic) bond motifs is 1. The van der Waals surface area contributed by atoms with Gasteiger partial charge in [0.05, 0.1) is 11.3 Å². The van der Waals surface area contributed by atoms with Crippen molar-refractivity contribution < 1.29 is 14.7 Å². The second-order valence-electron chi connectivity index (χ2n) is 3.92. The number of primary amides is 1. The molecule has 0 saturated heterocycles. The fourth-order valence-electron chi connectivity index (χ4n) is 1.57. The Morgan fingerprint density at radius 2 is 1.47 bits per heavy atom. The number of para-hydroxylation sites is 1. The Hall–Kier alpha value is -2.82. The molecule has 0 aromatic heterocycles. The van der Waals surface area contributed by atoms with Crippen LogP contribution in [0.15, 0.2) is 48.5 Å². The number of hydrogen-bond donors (Lipinski definition) is 3. The predicted molar refractivity (Wildman–Crippen MR) is 72.0 cm³/mol. The van der Waals surface area contributed by atoms with Crippen LogP contribution >= 0.6 is 0 Å². The van der Waals surface area contributed by atoms with Gasteiger partial charge in [0.2, 0.25) is 0 Å². The lowest BCUT2D eigenvalue weighted by Gasteiger charge is -2.10. The van der Waals surface area contributed by atoms with Gasteiger partial charge in [-0.15, -0.1) is 0 Å². The molecule has 3 rings (SSSR count). The third-order valence-electron chi connectivity index (χ3n) is 2.63. The Kier molecular flexibility index (Phi) is 3.47. The summed E-state index contributed by atoms with van der Waals surface area (Å²) in [5.74, 6) is -1.11. The fourth-order valence-corrected chi connectivity index (χ4v) is 1.57. The van der Waals surface area contributed by atoms with Crippen molar-refractivity contribution in [3.63, 3.8) is 0 Å². The summed E-state index contributed by atoms with van der Waals surface area (Å²) in [5, 5.41) is 10.9. The lowest BCUT2D eigenvalue weighted by Crippen LogP contribution is -2.20. The van der Waals surface area contributed by atoms with E-state index in [9.17, 15) is 9.59 Å². The molecule has 0 fully saturated rings. The predicted octanol–water partition coefficient (Wildman–Crippen LogP) is 2.54. The SMILES string of the molecule is NC(=O)Nc1ccccc1C(=O)O.c1cc2ccc1-2. The normalized spacial score (nSPS) is 9.89. The number of carbonyl (C=O) groups is 2. The number of anilines is 1. The van der Waals surface area contributed by atoms with Crippen molar-refractivity contribution in [3.05, 3.63) is 54.1 Å². The Bertz CT molecular complexity index is 600. The van der Waals surface area contributed by atoms with Gasteiger partial charge in [-0.2, -0.15) is 0 Å². The van der Waals surface area contributed by atoms with E-state index in [0.717, 1.165) is 0 Å². The van der Waals surface area contributed by atoms with Gasteiger partial charge in [-0.3, -0.25) is 0 Å². The van der Waals surface area contributed by atoms with Gasteiger partial charge in [0.15, 0.2) is 0 Å². The summed E-state index contributed by atoms with van der Waals surface area (Å²) >= 11 is 0. The summed E-state index contributed by atoms with van der Waals surface area (Å²) in [6, 6.07) is 13.7. The van der Waals surface area contributed by atoms with E-state index >= 15 is 0 Å². The van der Waals surface area contributed by atoms with E-state index in [1.165, 1.54) is 23.3 Å². The smallest absolute Gasteiger partial charge is 0.337 e. The van der Waals surface area contributed by atoms with Crippen molar-refractivity contribution >= 4 is 17.7 Å². The maximum absolute atomic E-state index is 10.6. The van der Waals surface area contributed by atoms with E-state index in [-0.39, 0.29) is 11.3 Å². The second-order valence-corrected chi connectivity index (χ2v) is 3.92. The minimum Gasteiger partial charge on any atom is -0.478 e.